The summed E-state index contributed by atoms with van der Waals surface area (Å²) in [4.78, 5) is 11.3. The number of halogens is 1. The van der Waals surface area contributed by atoms with Gasteiger partial charge in [0.05, 0.1) is 6.42 Å². The third-order valence-corrected chi connectivity index (χ3v) is 1.85. The van der Waals surface area contributed by atoms with Crippen LogP contribution in [0.3, 0.4) is 0 Å². The molecule has 0 fully saturated rings. The van der Waals surface area contributed by atoms with E-state index < -0.39 is 0 Å². The van der Waals surface area contributed by atoms with Crippen molar-refractivity contribution in [1.82, 2.24) is 5.32 Å². The molecule has 1 rings (SSSR count). The normalized spacial score (nSPS) is 9.86. The third kappa shape index (κ3) is 3.56. The molecule has 0 aliphatic carbocycles. The number of rotatable bonds is 4. The van der Waals surface area contributed by atoms with Crippen LogP contribution in [0.2, 0.25) is 0 Å². The van der Waals surface area contributed by atoms with Crippen LogP contribution in [0.5, 0.6) is 0 Å². The molecule has 1 N–H and O–H groups in total. The van der Waals surface area contributed by atoms with Gasteiger partial charge in [-0.3, -0.25) is 4.79 Å². The van der Waals surface area contributed by atoms with Crippen LogP contribution in [0, 0.1) is 5.82 Å². The highest BCUT2D eigenvalue weighted by molar-refractivity contribution is 5.78. The Morgan fingerprint density at radius 2 is 2.00 bits per heavy atom. The van der Waals surface area contributed by atoms with E-state index in [1.807, 2.05) is 6.92 Å². The number of amides is 1. The fourth-order valence-electron chi connectivity index (χ4n) is 1.11. The van der Waals surface area contributed by atoms with E-state index in [0.717, 1.165) is 12.0 Å². The van der Waals surface area contributed by atoms with Crippen molar-refractivity contribution >= 4 is 5.91 Å². The predicted octanol–water partition coefficient (Wildman–Crippen LogP) is 1.89. The average molecular weight is 195 g/mol. The van der Waals surface area contributed by atoms with Gasteiger partial charge < -0.3 is 5.32 Å². The van der Waals surface area contributed by atoms with Crippen LogP contribution < -0.4 is 5.32 Å². The lowest BCUT2D eigenvalue weighted by molar-refractivity contribution is -0.120. The highest BCUT2D eigenvalue weighted by Crippen LogP contribution is 2.03. The van der Waals surface area contributed by atoms with Gasteiger partial charge in [-0.1, -0.05) is 19.1 Å². The first kappa shape index (κ1) is 10.7. The molecule has 1 aromatic rings. The second-order valence-corrected chi connectivity index (χ2v) is 3.15. The summed E-state index contributed by atoms with van der Waals surface area (Å²) in [6, 6.07) is 5.98. The molecule has 0 saturated carbocycles. The number of benzene rings is 1. The van der Waals surface area contributed by atoms with Gasteiger partial charge in [-0.05, 0) is 24.1 Å². The highest BCUT2D eigenvalue weighted by Gasteiger charge is 2.01. The van der Waals surface area contributed by atoms with Crippen molar-refractivity contribution in [3.8, 4) is 0 Å². The fourth-order valence-corrected chi connectivity index (χ4v) is 1.11. The Kier molecular flexibility index (Phi) is 4.11. The SMILES string of the molecule is CCCNC(=O)Cc1ccc(F)cc1. The van der Waals surface area contributed by atoms with Crippen molar-refractivity contribution in [2.24, 2.45) is 0 Å². The Balaban J connectivity index is 2.44. The van der Waals surface area contributed by atoms with Crippen molar-refractivity contribution in [2.75, 3.05) is 6.54 Å². The van der Waals surface area contributed by atoms with Gasteiger partial charge in [0, 0.05) is 6.54 Å². The molecule has 0 bridgehead atoms. The Morgan fingerprint density at radius 3 is 2.57 bits per heavy atom. The molecule has 0 radical (unpaired) electrons. The summed E-state index contributed by atoms with van der Waals surface area (Å²) in [6.07, 6.45) is 1.25. The molecule has 76 valence electrons. The van der Waals surface area contributed by atoms with Crippen molar-refractivity contribution in [1.29, 1.82) is 0 Å². The monoisotopic (exact) mass is 195 g/mol. The zero-order valence-electron chi connectivity index (χ0n) is 8.22. The molecule has 2 nitrogen and oxygen atoms in total. The Morgan fingerprint density at radius 1 is 1.36 bits per heavy atom. The highest BCUT2D eigenvalue weighted by atomic mass is 19.1. The van der Waals surface area contributed by atoms with E-state index in [-0.39, 0.29) is 11.7 Å². The summed E-state index contributed by atoms with van der Waals surface area (Å²) in [5.74, 6) is -0.291. The lowest BCUT2D eigenvalue weighted by Crippen LogP contribution is -2.25. The molecule has 0 atom stereocenters. The van der Waals surface area contributed by atoms with Gasteiger partial charge in [-0.25, -0.2) is 4.39 Å². The van der Waals surface area contributed by atoms with E-state index in [9.17, 15) is 9.18 Å². The van der Waals surface area contributed by atoms with E-state index in [0.29, 0.717) is 13.0 Å². The van der Waals surface area contributed by atoms with Crippen LogP contribution >= 0.6 is 0 Å². The number of carbonyl (C=O) groups excluding carboxylic acids is 1. The minimum atomic E-state index is -0.275. The molecular formula is C11H14FNO. The van der Waals surface area contributed by atoms with Crippen LogP contribution in [0.15, 0.2) is 24.3 Å². The molecule has 0 saturated heterocycles. The van der Waals surface area contributed by atoms with Gasteiger partial charge >= 0.3 is 0 Å². The maximum Gasteiger partial charge on any atom is 0.224 e. The van der Waals surface area contributed by atoms with Crippen molar-refractivity contribution in [3.63, 3.8) is 0 Å². The summed E-state index contributed by atoms with van der Waals surface area (Å²) in [5.41, 5.74) is 0.833. The number of carbonyl (C=O) groups is 1. The summed E-state index contributed by atoms with van der Waals surface area (Å²) in [5, 5.41) is 2.76. The van der Waals surface area contributed by atoms with Crippen molar-refractivity contribution in [3.05, 3.63) is 35.6 Å². The Labute approximate surface area is 83.1 Å². The van der Waals surface area contributed by atoms with Crippen LogP contribution in [0.1, 0.15) is 18.9 Å². The summed E-state index contributed by atoms with van der Waals surface area (Å²) >= 11 is 0. The zero-order valence-corrected chi connectivity index (χ0v) is 8.22. The molecule has 1 amide bonds. The van der Waals surface area contributed by atoms with E-state index in [2.05, 4.69) is 5.32 Å². The maximum absolute atomic E-state index is 12.5. The smallest absolute Gasteiger partial charge is 0.224 e. The van der Waals surface area contributed by atoms with Gasteiger partial charge in [-0.2, -0.15) is 0 Å². The molecular weight excluding hydrogens is 181 g/mol. The van der Waals surface area contributed by atoms with Crippen molar-refractivity contribution in [2.45, 2.75) is 19.8 Å². The summed E-state index contributed by atoms with van der Waals surface area (Å²) in [7, 11) is 0. The molecule has 0 heterocycles. The van der Waals surface area contributed by atoms with Gasteiger partial charge in [0.25, 0.3) is 0 Å². The lowest BCUT2D eigenvalue weighted by atomic mass is 10.1. The third-order valence-electron chi connectivity index (χ3n) is 1.85. The number of hydrogen-bond acceptors (Lipinski definition) is 1. The minimum absolute atomic E-state index is 0.0153. The molecule has 0 unspecified atom stereocenters. The Bertz CT molecular complexity index is 295. The molecule has 1 aromatic carbocycles. The largest absolute Gasteiger partial charge is 0.356 e. The second kappa shape index (κ2) is 5.37. The first-order valence-corrected chi connectivity index (χ1v) is 4.73. The van der Waals surface area contributed by atoms with Gasteiger partial charge in [-0.15, -0.1) is 0 Å². The fraction of sp³-hybridized carbons (Fsp3) is 0.364. The molecule has 0 aliphatic rings. The molecule has 0 aliphatic heterocycles. The van der Waals surface area contributed by atoms with Gasteiger partial charge in [0.2, 0.25) is 5.91 Å². The molecule has 14 heavy (non-hydrogen) atoms. The van der Waals surface area contributed by atoms with E-state index >= 15 is 0 Å². The van der Waals surface area contributed by atoms with Crippen LogP contribution in [0.4, 0.5) is 4.39 Å². The standard InChI is InChI=1S/C11H14FNO/c1-2-7-13-11(14)8-9-3-5-10(12)6-4-9/h3-6H,2,7-8H2,1H3,(H,13,14). The number of hydrogen-bond donors (Lipinski definition) is 1. The first-order valence-electron chi connectivity index (χ1n) is 4.73. The predicted molar refractivity (Wildman–Crippen MR) is 53.4 cm³/mol. The average Bonchev–Trinajstić information content (AvgIpc) is 2.18. The van der Waals surface area contributed by atoms with Crippen molar-refractivity contribution < 1.29 is 9.18 Å². The first-order chi connectivity index (χ1) is 6.72. The number of nitrogens with one attached hydrogen (secondary N) is 1. The molecule has 3 heteroatoms. The van der Waals surface area contributed by atoms with Crippen LogP contribution in [-0.2, 0) is 11.2 Å². The van der Waals surface area contributed by atoms with E-state index in [1.54, 1.807) is 12.1 Å². The maximum atomic E-state index is 12.5. The van der Waals surface area contributed by atoms with Gasteiger partial charge in [0.1, 0.15) is 5.82 Å². The second-order valence-electron chi connectivity index (χ2n) is 3.15. The van der Waals surface area contributed by atoms with Crippen LogP contribution in [-0.4, -0.2) is 12.5 Å². The van der Waals surface area contributed by atoms with E-state index in [4.69, 9.17) is 0 Å². The summed E-state index contributed by atoms with van der Waals surface area (Å²) < 4.78 is 12.5. The quantitative estimate of drug-likeness (QED) is 0.781. The topological polar surface area (TPSA) is 29.1 Å². The molecule has 0 spiro atoms. The van der Waals surface area contributed by atoms with Gasteiger partial charge in [0.15, 0.2) is 0 Å². The lowest BCUT2D eigenvalue weighted by Gasteiger charge is -2.03. The van der Waals surface area contributed by atoms with E-state index in [1.165, 1.54) is 12.1 Å². The Hall–Kier alpha value is -1.38. The summed E-state index contributed by atoms with van der Waals surface area (Å²) in [6.45, 7) is 2.69. The van der Waals surface area contributed by atoms with Crippen LogP contribution in [0.25, 0.3) is 0 Å². The molecule has 0 aromatic heterocycles. The minimum Gasteiger partial charge on any atom is -0.356 e. The zero-order chi connectivity index (χ0) is 10.4.